The lowest BCUT2D eigenvalue weighted by Gasteiger charge is -2.46. The van der Waals surface area contributed by atoms with E-state index < -0.39 is 0 Å². The summed E-state index contributed by atoms with van der Waals surface area (Å²) in [5.74, 6) is 0. The first-order chi connectivity index (χ1) is 4.85. The van der Waals surface area contributed by atoms with E-state index in [0.717, 1.165) is 13.2 Å². The van der Waals surface area contributed by atoms with Gasteiger partial charge in [-0.15, -0.1) is 0 Å². The summed E-state index contributed by atoms with van der Waals surface area (Å²) in [6.07, 6.45) is 1.30. The van der Waals surface area contributed by atoms with Gasteiger partial charge >= 0.3 is 0 Å². The molecule has 0 aromatic carbocycles. The number of hydrogen-bond acceptors (Lipinski definition) is 2. The number of nitrogens with zero attached hydrogens (tertiary/aromatic N) is 1. The molecule has 2 heteroatoms. The molecule has 0 bridgehead atoms. The summed E-state index contributed by atoms with van der Waals surface area (Å²) < 4.78 is 5.37. The van der Waals surface area contributed by atoms with Gasteiger partial charge in [0.15, 0.2) is 0 Å². The van der Waals surface area contributed by atoms with Crippen molar-refractivity contribution < 1.29 is 4.74 Å². The molecule has 0 aromatic rings. The maximum Gasteiger partial charge on any atom is 0.0547 e. The molecule has 10 heavy (non-hydrogen) atoms. The fourth-order valence-corrected chi connectivity index (χ4v) is 2.02. The van der Waals surface area contributed by atoms with E-state index in [9.17, 15) is 0 Å². The lowest BCUT2D eigenvalue weighted by molar-refractivity contribution is -0.00278. The fourth-order valence-electron chi connectivity index (χ4n) is 2.02. The molecule has 2 nitrogen and oxygen atoms in total. The highest BCUT2D eigenvalue weighted by Crippen LogP contribution is 2.37. The van der Waals surface area contributed by atoms with Crippen molar-refractivity contribution in [3.05, 3.63) is 0 Å². The van der Waals surface area contributed by atoms with Crippen LogP contribution in [0.4, 0.5) is 0 Å². The smallest absolute Gasteiger partial charge is 0.0547 e. The zero-order chi connectivity index (χ0) is 7.03. The van der Waals surface area contributed by atoms with E-state index in [2.05, 4.69) is 11.8 Å². The first kappa shape index (κ1) is 6.62. The molecule has 0 unspecified atom stereocenters. The van der Waals surface area contributed by atoms with Gasteiger partial charge in [0.05, 0.1) is 6.61 Å². The van der Waals surface area contributed by atoms with E-state index in [4.69, 9.17) is 4.74 Å². The quantitative estimate of drug-likeness (QED) is 0.533. The van der Waals surface area contributed by atoms with E-state index in [-0.39, 0.29) is 0 Å². The highest BCUT2D eigenvalue weighted by atomic mass is 16.5. The summed E-state index contributed by atoms with van der Waals surface area (Å²) >= 11 is 0. The van der Waals surface area contributed by atoms with Crippen LogP contribution in [0.25, 0.3) is 0 Å². The molecule has 2 aliphatic rings. The molecule has 2 aliphatic heterocycles. The van der Waals surface area contributed by atoms with Gasteiger partial charge < -0.3 is 9.64 Å². The van der Waals surface area contributed by atoms with E-state index in [1.54, 1.807) is 0 Å². The van der Waals surface area contributed by atoms with Crippen molar-refractivity contribution in [1.82, 2.24) is 4.90 Å². The van der Waals surface area contributed by atoms with Gasteiger partial charge in [-0.25, -0.2) is 0 Å². The first-order valence-electron chi connectivity index (χ1n) is 4.15. The number of likely N-dealkylation sites (tertiary alicyclic amines) is 1. The summed E-state index contributed by atoms with van der Waals surface area (Å²) in [5.41, 5.74) is 0.593. The standard InChI is InChI=1S/C8H15NO/c1-2-9-5-8(6-9)3-4-10-7-8/h2-7H2,1H3. The van der Waals surface area contributed by atoms with Gasteiger partial charge in [-0.3, -0.25) is 0 Å². The van der Waals surface area contributed by atoms with Gasteiger partial charge in [-0.2, -0.15) is 0 Å². The second-order valence-electron chi connectivity index (χ2n) is 3.61. The van der Waals surface area contributed by atoms with Crippen molar-refractivity contribution in [2.45, 2.75) is 13.3 Å². The van der Waals surface area contributed by atoms with Gasteiger partial charge in [0.1, 0.15) is 0 Å². The van der Waals surface area contributed by atoms with Crippen LogP contribution in [0.2, 0.25) is 0 Å². The minimum atomic E-state index is 0.593. The third-order valence-electron chi connectivity index (χ3n) is 2.75. The maximum atomic E-state index is 5.37. The highest BCUT2D eigenvalue weighted by molar-refractivity contribution is 4.96. The molecule has 0 aromatic heterocycles. The van der Waals surface area contributed by atoms with Gasteiger partial charge in [-0.05, 0) is 13.0 Å². The van der Waals surface area contributed by atoms with Crippen molar-refractivity contribution in [3.63, 3.8) is 0 Å². The molecule has 0 amide bonds. The Balaban J connectivity index is 1.86. The molecule has 2 rings (SSSR count). The van der Waals surface area contributed by atoms with Crippen LogP contribution in [0.5, 0.6) is 0 Å². The Hall–Kier alpha value is -0.0800. The van der Waals surface area contributed by atoms with Crippen LogP contribution in [-0.4, -0.2) is 37.7 Å². The molecule has 58 valence electrons. The molecule has 0 saturated carbocycles. The second kappa shape index (κ2) is 2.21. The lowest BCUT2D eigenvalue weighted by atomic mass is 9.79. The van der Waals surface area contributed by atoms with Gasteiger partial charge in [0.25, 0.3) is 0 Å². The Bertz CT molecular complexity index is 121. The van der Waals surface area contributed by atoms with Crippen molar-refractivity contribution in [1.29, 1.82) is 0 Å². The molecule has 0 atom stereocenters. The van der Waals surface area contributed by atoms with E-state index in [0.29, 0.717) is 5.41 Å². The molecular weight excluding hydrogens is 126 g/mol. The third kappa shape index (κ3) is 0.867. The molecule has 0 radical (unpaired) electrons. The highest BCUT2D eigenvalue weighted by Gasteiger charge is 2.44. The van der Waals surface area contributed by atoms with Crippen molar-refractivity contribution in [2.75, 3.05) is 32.8 Å². The summed E-state index contributed by atoms with van der Waals surface area (Å²) in [6, 6.07) is 0. The Morgan fingerprint density at radius 1 is 1.50 bits per heavy atom. The van der Waals surface area contributed by atoms with Gasteiger partial charge in [-0.1, -0.05) is 6.92 Å². The lowest BCUT2D eigenvalue weighted by Crippen LogP contribution is -2.56. The van der Waals surface area contributed by atoms with Crippen LogP contribution in [-0.2, 0) is 4.74 Å². The number of hydrogen-bond donors (Lipinski definition) is 0. The van der Waals surface area contributed by atoms with Crippen LogP contribution in [0.15, 0.2) is 0 Å². The molecule has 2 fully saturated rings. The summed E-state index contributed by atoms with van der Waals surface area (Å²) in [7, 11) is 0. The number of rotatable bonds is 1. The largest absolute Gasteiger partial charge is 0.381 e. The average molecular weight is 141 g/mol. The molecule has 1 spiro atoms. The van der Waals surface area contributed by atoms with E-state index in [1.807, 2.05) is 0 Å². The van der Waals surface area contributed by atoms with Crippen LogP contribution in [0.3, 0.4) is 0 Å². The van der Waals surface area contributed by atoms with Crippen molar-refractivity contribution in [2.24, 2.45) is 5.41 Å². The summed E-state index contributed by atoms with van der Waals surface area (Å²) in [5, 5.41) is 0. The predicted molar refractivity (Wildman–Crippen MR) is 40.0 cm³/mol. The van der Waals surface area contributed by atoms with Crippen LogP contribution in [0.1, 0.15) is 13.3 Å². The van der Waals surface area contributed by atoms with E-state index >= 15 is 0 Å². The predicted octanol–water partition coefficient (Wildman–Crippen LogP) is 0.729. The minimum absolute atomic E-state index is 0.593. The van der Waals surface area contributed by atoms with Crippen molar-refractivity contribution in [3.8, 4) is 0 Å². The Labute approximate surface area is 62.2 Å². The fraction of sp³-hybridized carbons (Fsp3) is 1.00. The third-order valence-corrected chi connectivity index (χ3v) is 2.75. The van der Waals surface area contributed by atoms with E-state index in [1.165, 1.54) is 26.1 Å². The monoisotopic (exact) mass is 141 g/mol. The van der Waals surface area contributed by atoms with Crippen LogP contribution >= 0.6 is 0 Å². The van der Waals surface area contributed by atoms with Crippen LogP contribution < -0.4 is 0 Å². The molecule has 0 aliphatic carbocycles. The normalized spacial score (nSPS) is 30.9. The molecule has 2 heterocycles. The topological polar surface area (TPSA) is 12.5 Å². The molecular formula is C8H15NO. The zero-order valence-electron chi connectivity index (χ0n) is 6.60. The number of ether oxygens (including phenoxy) is 1. The molecule has 2 saturated heterocycles. The summed E-state index contributed by atoms with van der Waals surface area (Å²) in [6.45, 7) is 8.01. The van der Waals surface area contributed by atoms with Crippen molar-refractivity contribution >= 4 is 0 Å². The first-order valence-corrected chi connectivity index (χ1v) is 4.15. The van der Waals surface area contributed by atoms with Crippen LogP contribution in [0, 0.1) is 5.41 Å². The Morgan fingerprint density at radius 2 is 2.30 bits per heavy atom. The maximum absolute atomic E-state index is 5.37. The Kier molecular flexibility index (Phi) is 1.46. The van der Waals surface area contributed by atoms with Gasteiger partial charge in [0, 0.05) is 25.1 Å². The average Bonchev–Trinajstić information content (AvgIpc) is 2.30. The minimum Gasteiger partial charge on any atom is -0.381 e. The Morgan fingerprint density at radius 3 is 2.80 bits per heavy atom. The van der Waals surface area contributed by atoms with Gasteiger partial charge in [0.2, 0.25) is 0 Å². The second-order valence-corrected chi connectivity index (χ2v) is 3.61. The molecule has 0 N–H and O–H groups in total. The zero-order valence-corrected chi connectivity index (χ0v) is 6.60. The summed E-state index contributed by atoms with van der Waals surface area (Å²) in [4.78, 5) is 2.48. The SMILES string of the molecule is CCN1CC2(CCOC2)C1.